The predicted molar refractivity (Wildman–Crippen MR) is 57.1 cm³/mol. The number of rotatable bonds is 4. The maximum absolute atomic E-state index is 11.4. The van der Waals surface area contributed by atoms with Gasteiger partial charge in [0.05, 0.1) is 13.2 Å². The van der Waals surface area contributed by atoms with Crippen LogP contribution in [0.5, 0.6) is 0 Å². The molecule has 92 valence electrons. The average molecular weight is 230 g/mol. The smallest absolute Gasteiger partial charge is 0.323 e. The molecule has 0 radical (unpaired) electrons. The summed E-state index contributed by atoms with van der Waals surface area (Å²) in [6.45, 7) is 1.76. The van der Waals surface area contributed by atoms with Gasteiger partial charge in [0.2, 0.25) is 5.91 Å². The van der Waals surface area contributed by atoms with E-state index in [-0.39, 0.29) is 12.5 Å². The first-order valence-corrected chi connectivity index (χ1v) is 5.27. The van der Waals surface area contributed by atoms with Crippen molar-refractivity contribution in [3.63, 3.8) is 0 Å². The lowest BCUT2D eigenvalue weighted by molar-refractivity contribution is -0.150. The molecule has 0 aliphatic carbocycles. The Bertz CT molecular complexity index is 268. The van der Waals surface area contributed by atoms with E-state index in [1.807, 2.05) is 0 Å². The lowest BCUT2D eigenvalue weighted by atomic mass is 10.2. The Morgan fingerprint density at radius 1 is 1.50 bits per heavy atom. The fourth-order valence-corrected chi connectivity index (χ4v) is 1.60. The summed E-state index contributed by atoms with van der Waals surface area (Å²) < 4.78 is 5.11. The second-order valence-electron chi connectivity index (χ2n) is 4.00. The van der Waals surface area contributed by atoms with Gasteiger partial charge in [0.1, 0.15) is 6.04 Å². The van der Waals surface area contributed by atoms with Gasteiger partial charge in [-0.2, -0.15) is 0 Å². The van der Waals surface area contributed by atoms with Gasteiger partial charge in [-0.05, 0) is 0 Å². The summed E-state index contributed by atoms with van der Waals surface area (Å²) in [6, 6.07) is -0.622. The number of hydrogen-bond donors (Lipinski definition) is 1. The van der Waals surface area contributed by atoms with Crippen LogP contribution in [0.15, 0.2) is 0 Å². The van der Waals surface area contributed by atoms with Crippen LogP contribution in [0.2, 0.25) is 0 Å². The first-order valence-electron chi connectivity index (χ1n) is 5.27. The van der Waals surface area contributed by atoms with Crippen LogP contribution in [0.4, 0.5) is 0 Å². The van der Waals surface area contributed by atoms with Crippen LogP contribution in [0.1, 0.15) is 6.42 Å². The van der Waals surface area contributed by atoms with Gasteiger partial charge in [0, 0.05) is 33.6 Å². The molecular formula is C10H18N2O4. The number of nitrogens with zero attached hydrogens (tertiary/aromatic N) is 2. The Labute approximate surface area is 94.8 Å². The standard InChI is InChI=1S/C10H18N2O4/c1-11(2)9(13)3-4-12-5-6-16-7-8(12)10(14)15/h8H,3-7H2,1-2H3,(H,14,15). The van der Waals surface area contributed by atoms with Crippen molar-refractivity contribution in [1.29, 1.82) is 0 Å². The Kier molecular flexibility index (Phi) is 4.70. The number of carbonyl (C=O) groups excluding carboxylic acids is 1. The minimum atomic E-state index is -0.892. The molecule has 6 nitrogen and oxygen atoms in total. The lowest BCUT2D eigenvalue weighted by Crippen LogP contribution is -2.50. The highest BCUT2D eigenvalue weighted by Gasteiger charge is 2.29. The first kappa shape index (κ1) is 12.9. The summed E-state index contributed by atoms with van der Waals surface area (Å²) >= 11 is 0. The predicted octanol–water partition coefficient (Wildman–Crippen LogP) is -0.750. The molecule has 1 rings (SSSR count). The van der Waals surface area contributed by atoms with Crippen LogP contribution in [0.25, 0.3) is 0 Å². The highest BCUT2D eigenvalue weighted by Crippen LogP contribution is 2.08. The summed E-state index contributed by atoms with van der Waals surface area (Å²) in [5.74, 6) is -0.882. The highest BCUT2D eigenvalue weighted by atomic mass is 16.5. The monoisotopic (exact) mass is 230 g/mol. The second-order valence-corrected chi connectivity index (χ2v) is 4.00. The molecule has 0 aromatic rings. The van der Waals surface area contributed by atoms with Gasteiger partial charge in [-0.3, -0.25) is 14.5 Å². The zero-order chi connectivity index (χ0) is 12.1. The van der Waals surface area contributed by atoms with Gasteiger partial charge in [0.15, 0.2) is 0 Å². The van der Waals surface area contributed by atoms with E-state index < -0.39 is 12.0 Å². The van der Waals surface area contributed by atoms with Crippen molar-refractivity contribution < 1.29 is 19.4 Å². The van der Waals surface area contributed by atoms with E-state index >= 15 is 0 Å². The van der Waals surface area contributed by atoms with Crippen LogP contribution in [-0.4, -0.2) is 73.2 Å². The molecule has 0 aromatic heterocycles. The van der Waals surface area contributed by atoms with E-state index in [4.69, 9.17) is 9.84 Å². The largest absolute Gasteiger partial charge is 0.480 e. The SMILES string of the molecule is CN(C)C(=O)CCN1CCOCC1C(=O)O. The summed E-state index contributed by atoms with van der Waals surface area (Å²) in [5, 5.41) is 8.97. The van der Waals surface area contributed by atoms with Gasteiger partial charge >= 0.3 is 5.97 Å². The fraction of sp³-hybridized carbons (Fsp3) is 0.800. The summed E-state index contributed by atoms with van der Waals surface area (Å²) in [4.78, 5) is 25.6. The molecule has 0 bridgehead atoms. The van der Waals surface area contributed by atoms with Crippen LogP contribution < -0.4 is 0 Å². The van der Waals surface area contributed by atoms with Crippen molar-refractivity contribution in [2.45, 2.75) is 12.5 Å². The number of ether oxygens (including phenoxy) is 1. The number of morpholine rings is 1. The number of carbonyl (C=O) groups is 2. The van der Waals surface area contributed by atoms with Crippen LogP contribution in [-0.2, 0) is 14.3 Å². The molecule has 1 N–H and O–H groups in total. The number of carboxylic acid groups (broad SMARTS) is 1. The summed E-state index contributed by atoms with van der Waals surface area (Å²) in [7, 11) is 3.38. The molecular weight excluding hydrogens is 212 g/mol. The second kappa shape index (κ2) is 5.81. The Morgan fingerprint density at radius 2 is 2.19 bits per heavy atom. The zero-order valence-corrected chi connectivity index (χ0v) is 9.68. The van der Waals surface area contributed by atoms with E-state index in [2.05, 4.69) is 0 Å². The molecule has 0 aromatic carbocycles. The molecule has 1 aliphatic heterocycles. The van der Waals surface area contributed by atoms with Crippen molar-refractivity contribution in [2.24, 2.45) is 0 Å². The van der Waals surface area contributed by atoms with E-state index in [1.165, 1.54) is 4.90 Å². The van der Waals surface area contributed by atoms with Crippen molar-refractivity contribution in [1.82, 2.24) is 9.80 Å². The van der Waals surface area contributed by atoms with Crippen molar-refractivity contribution >= 4 is 11.9 Å². The normalized spacial score (nSPS) is 21.8. The molecule has 0 spiro atoms. The highest BCUT2D eigenvalue weighted by molar-refractivity contribution is 5.76. The molecule has 1 heterocycles. The topological polar surface area (TPSA) is 70.1 Å². The molecule has 1 unspecified atom stereocenters. The average Bonchev–Trinajstić information content (AvgIpc) is 2.25. The maximum Gasteiger partial charge on any atom is 0.323 e. The van der Waals surface area contributed by atoms with Gasteiger partial charge in [-0.25, -0.2) is 0 Å². The number of hydrogen-bond acceptors (Lipinski definition) is 4. The summed E-state index contributed by atoms with van der Waals surface area (Å²) in [5.41, 5.74) is 0. The fourth-order valence-electron chi connectivity index (χ4n) is 1.60. The minimum Gasteiger partial charge on any atom is -0.480 e. The number of carboxylic acids is 1. The molecule has 0 saturated carbocycles. The van der Waals surface area contributed by atoms with Crippen molar-refractivity contribution in [3.8, 4) is 0 Å². The number of amides is 1. The van der Waals surface area contributed by atoms with Crippen LogP contribution in [0, 0.1) is 0 Å². The molecule has 1 atom stereocenters. The Balaban J connectivity index is 2.44. The molecule has 1 amide bonds. The van der Waals surface area contributed by atoms with Gasteiger partial charge in [-0.15, -0.1) is 0 Å². The lowest BCUT2D eigenvalue weighted by Gasteiger charge is -2.32. The van der Waals surface area contributed by atoms with E-state index in [0.717, 1.165) is 0 Å². The third kappa shape index (κ3) is 3.46. The zero-order valence-electron chi connectivity index (χ0n) is 9.68. The Morgan fingerprint density at radius 3 is 2.75 bits per heavy atom. The number of aliphatic carboxylic acids is 1. The summed E-state index contributed by atoms with van der Waals surface area (Å²) in [6.07, 6.45) is 0.344. The molecule has 6 heteroatoms. The molecule has 1 fully saturated rings. The third-order valence-corrected chi connectivity index (χ3v) is 2.64. The molecule has 16 heavy (non-hydrogen) atoms. The van der Waals surface area contributed by atoms with E-state index in [1.54, 1.807) is 19.0 Å². The quantitative estimate of drug-likeness (QED) is 0.688. The minimum absolute atomic E-state index is 0.00984. The molecule has 1 saturated heterocycles. The van der Waals surface area contributed by atoms with E-state index in [0.29, 0.717) is 26.1 Å². The van der Waals surface area contributed by atoms with Gasteiger partial charge in [-0.1, -0.05) is 0 Å². The van der Waals surface area contributed by atoms with E-state index in [9.17, 15) is 9.59 Å². The van der Waals surface area contributed by atoms with Crippen molar-refractivity contribution in [3.05, 3.63) is 0 Å². The van der Waals surface area contributed by atoms with Gasteiger partial charge < -0.3 is 14.7 Å². The first-order chi connectivity index (χ1) is 7.52. The molecule has 1 aliphatic rings. The Hall–Kier alpha value is -1.14. The van der Waals surface area contributed by atoms with Gasteiger partial charge in [0.25, 0.3) is 0 Å². The van der Waals surface area contributed by atoms with Crippen LogP contribution in [0.3, 0.4) is 0 Å². The third-order valence-electron chi connectivity index (χ3n) is 2.64. The van der Waals surface area contributed by atoms with Crippen molar-refractivity contribution in [2.75, 3.05) is 40.4 Å². The van der Waals surface area contributed by atoms with Crippen LogP contribution >= 0.6 is 0 Å². The maximum atomic E-state index is 11.4.